The minimum atomic E-state index is -3.72. The number of ether oxygens (including phenoxy) is 2. The van der Waals surface area contributed by atoms with Crippen LogP contribution in [0.4, 0.5) is 0 Å². The molecular weight excluding hydrogens is 212 g/mol. The zero-order chi connectivity index (χ0) is 11.2. The van der Waals surface area contributed by atoms with E-state index in [0.717, 1.165) is 7.11 Å². The lowest BCUT2D eigenvalue weighted by Crippen LogP contribution is -2.26. The summed E-state index contributed by atoms with van der Waals surface area (Å²) in [4.78, 5) is 21.5. The van der Waals surface area contributed by atoms with Crippen LogP contribution in [0.3, 0.4) is 0 Å². The zero-order valence-electron chi connectivity index (χ0n) is 7.98. The average molecular weight is 224 g/mol. The summed E-state index contributed by atoms with van der Waals surface area (Å²) in [6.45, 7) is -0.277. The number of ketones is 1. The molecule has 0 aromatic heterocycles. The lowest BCUT2D eigenvalue weighted by molar-refractivity contribution is -0.137. The lowest BCUT2D eigenvalue weighted by atomic mass is 10.5. The average Bonchev–Trinajstić information content (AvgIpc) is 2.02. The Kier molecular flexibility index (Phi) is 5.32. The molecule has 0 amide bonds. The third-order valence-corrected chi connectivity index (χ3v) is 2.69. The first-order chi connectivity index (χ1) is 6.41. The van der Waals surface area contributed by atoms with Gasteiger partial charge >= 0.3 is 5.97 Å². The largest absolute Gasteiger partial charge is 0.468 e. The van der Waals surface area contributed by atoms with Crippen molar-refractivity contribution in [2.24, 2.45) is 0 Å². The van der Waals surface area contributed by atoms with Crippen LogP contribution in [0.25, 0.3) is 0 Å². The molecule has 0 aromatic rings. The minimum Gasteiger partial charge on any atom is -0.468 e. The van der Waals surface area contributed by atoms with Gasteiger partial charge in [-0.25, -0.2) is 8.42 Å². The number of Topliss-reactive ketones (excluding diaryl/α,β-unsaturated/α-hetero) is 1. The predicted octanol–water partition coefficient (Wildman–Crippen LogP) is -1.21. The van der Waals surface area contributed by atoms with Crippen molar-refractivity contribution in [1.82, 2.24) is 0 Å². The van der Waals surface area contributed by atoms with Gasteiger partial charge in [0.15, 0.2) is 15.6 Å². The second-order valence-electron chi connectivity index (χ2n) is 2.58. The second-order valence-corrected chi connectivity index (χ2v) is 4.64. The van der Waals surface area contributed by atoms with Crippen LogP contribution in [0.5, 0.6) is 0 Å². The molecule has 0 rings (SSSR count). The molecule has 0 atom stereocenters. The van der Waals surface area contributed by atoms with Crippen molar-refractivity contribution >= 4 is 21.6 Å². The van der Waals surface area contributed by atoms with Crippen molar-refractivity contribution in [1.29, 1.82) is 0 Å². The van der Waals surface area contributed by atoms with E-state index in [1.165, 1.54) is 7.11 Å². The molecule has 7 heteroatoms. The Bertz CT molecular complexity index is 304. The molecule has 0 saturated heterocycles. The Morgan fingerprint density at radius 2 is 1.71 bits per heavy atom. The topological polar surface area (TPSA) is 86.7 Å². The Balaban J connectivity index is 4.21. The number of carbonyl (C=O) groups is 2. The summed E-state index contributed by atoms with van der Waals surface area (Å²) in [6.07, 6.45) is 0. The molecule has 0 spiro atoms. The van der Waals surface area contributed by atoms with Gasteiger partial charge in [0.1, 0.15) is 18.1 Å². The van der Waals surface area contributed by atoms with Gasteiger partial charge in [0.25, 0.3) is 0 Å². The Morgan fingerprint density at radius 3 is 2.14 bits per heavy atom. The molecule has 82 valence electrons. The Labute approximate surface area is 82.1 Å². The van der Waals surface area contributed by atoms with E-state index in [4.69, 9.17) is 0 Å². The highest BCUT2D eigenvalue weighted by molar-refractivity contribution is 7.92. The van der Waals surface area contributed by atoms with Crippen LogP contribution in [-0.4, -0.2) is 52.5 Å². The van der Waals surface area contributed by atoms with Crippen LogP contribution in [0, 0.1) is 0 Å². The fourth-order valence-electron chi connectivity index (χ4n) is 0.737. The standard InChI is InChI=1S/C7H12O6S/c1-12-3-6(8)4-14(10,11)5-7(9)13-2/h3-5H2,1-2H3. The van der Waals surface area contributed by atoms with E-state index in [1.807, 2.05) is 0 Å². The molecule has 0 aliphatic heterocycles. The van der Waals surface area contributed by atoms with Gasteiger partial charge in [-0.3, -0.25) is 9.59 Å². The van der Waals surface area contributed by atoms with E-state index in [1.54, 1.807) is 0 Å². The van der Waals surface area contributed by atoms with E-state index in [0.29, 0.717) is 0 Å². The molecule has 0 heterocycles. The van der Waals surface area contributed by atoms with Crippen molar-refractivity contribution in [3.63, 3.8) is 0 Å². The SMILES string of the molecule is COCC(=O)CS(=O)(=O)CC(=O)OC. The second kappa shape index (κ2) is 5.71. The van der Waals surface area contributed by atoms with Crippen molar-refractivity contribution in [2.45, 2.75) is 0 Å². The molecule has 0 unspecified atom stereocenters. The highest BCUT2D eigenvalue weighted by Gasteiger charge is 2.20. The van der Waals surface area contributed by atoms with Gasteiger partial charge in [-0.05, 0) is 0 Å². The van der Waals surface area contributed by atoms with Crippen LogP contribution >= 0.6 is 0 Å². The van der Waals surface area contributed by atoms with Crippen molar-refractivity contribution in [3.05, 3.63) is 0 Å². The Morgan fingerprint density at radius 1 is 1.14 bits per heavy atom. The predicted molar refractivity (Wildman–Crippen MR) is 47.6 cm³/mol. The monoisotopic (exact) mass is 224 g/mol. The summed E-state index contributed by atoms with van der Waals surface area (Å²) in [7, 11) is -1.36. The zero-order valence-corrected chi connectivity index (χ0v) is 8.80. The molecular formula is C7H12O6S. The number of carbonyl (C=O) groups excluding carboxylic acids is 2. The third kappa shape index (κ3) is 5.65. The normalized spacial score (nSPS) is 11.0. The lowest BCUT2D eigenvalue weighted by Gasteiger charge is -2.01. The molecule has 0 radical (unpaired) electrons. The number of sulfone groups is 1. The number of rotatable bonds is 6. The summed E-state index contributed by atoms with van der Waals surface area (Å²) in [6, 6.07) is 0. The van der Waals surface area contributed by atoms with Crippen LogP contribution in [0.15, 0.2) is 0 Å². The van der Waals surface area contributed by atoms with Crippen LogP contribution in [0.1, 0.15) is 0 Å². The van der Waals surface area contributed by atoms with E-state index >= 15 is 0 Å². The van der Waals surface area contributed by atoms with Crippen molar-refractivity contribution < 1.29 is 27.5 Å². The smallest absolute Gasteiger partial charge is 0.320 e. The molecule has 0 saturated carbocycles. The van der Waals surface area contributed by atoms with E-state index in [9.17, 15) is 18.0 Å². The molecule has 14 heavy (non-hydrogen) atoms. The molecule has 0 aromatic carbocycles. The van der Waals surface area contributed by atoms with Gasteiger partial charge in [0.05, 0.1) is 7.11 Å². The first-order valence-electron chi connectivity index (χ1n) is 3.69. The molecule has 0 bridgehead atoms. The van der Waals surface area contributed by atoms with E-state index < -0.39 is 33.1 Å². The highest BCUT2D eigenvalue weighted by Crippen LogP contribution is 1.93. The molecule has 6 nitrogen and oxygen atoms in total. The number of hydrogen-bond acceptors (Lipinski definition) is 6. The third-order valence-electron chi connectivity index (χ3n) is 1.25. The fraction of sp³-hybridized carbons (Fsp3) is 0.714. The summed E-state index contributed by atoms with van der Waals surface area (Å²) in [5, 5.41) is 0. The van der Waals surface area contributed by atoms with Gasteiger partial charge in [-0.1, -0.05) is 0 Å². The van der Waals surface area contributed by atoms with Gasteiger partial charge in [0.2, 0.25) is 0 Å². The number of hydrogen-bond donors (Lipinski definition) is 0. The summed E-state index contributed by atoms with van der Waals surface area (Å²) in [5.74, 6) is -2.94. The summed E-state index contributed by atoms with van der Waals surface area (Å²) < 4.78 is 30.8. The fourth-order valence-corrected chi connectivity index (χ4v) is 1.89. The number of esters is 1. The van der Waals surface area contributed by atoms with Crippen LogP contribution in [-0.2, 0) is 28.9 Å². The van der Waals surface area contributed by atoms with Gasteiger partial charge in [-0.2, -0.15) is 0 Å². The maximum absolute atomic E-state index is 11.1. The van der Waals surface area contributed by atoms with Gasteiger partial charge in [0, 0.05) is 7.11 Å². The van der Waals surface area contributed by atoms with Crippen LogP contribution in [0.2, 0.25) is 0 Å². The van der Waals surface area contributed by atoms with Crippen LogP contribution < -0.4 is 0 Å². The molecule has 0 N–H and O–H groups in total. The van der Waals surface area contributed by atoms with Crippen molar-refractivity contribution in [3.8, 4) is 0 Å². The van der Waals surface area contributed by atoms with E-state index in [2.05, 4.69) is 9.47 Å². The maximum Gasteiger partial charge on any atom is 0.320 e. The first kappa shape index (κ1) is 13.1. The Hall–Kier alpha value is -0.950. The number of methoxy groups -OCH3 is 2. The first-order valence-corrected chi connectivity index (χ1v) is 5.51. The molecule has 0 fully saturated rings. The minimum absolute atomic E-state index is 0.277. The van der Waals surface area contributed by atoms with E-state index in [-0.39, 0.29) is 6.61 Å². The van der Waals surface area contributed by atoms with Gasteiger partial charge in [-0.15, -0.1) is 0 Å². The maximum atomic E-state index is 11.1. The molecule has 0 aliphatic rings. The summed E-state index contributed by atoms with van der Waals surface area (Å²) in [5.41, 5.74) is 0. The van der Waals surface area contributed by atoms with Crippen molar-refractivity contribution in [2.75, 3.05) is 32.3 Å². The molecule has 0 aliphatic carbocycles. The summed E-state index contributed by atoms with van der Waals surface area (Å²) >= 11 is 0. The quantitative estimate of drug-likeness (QED) is 0.526. The van der Waals surface area contributed by atoms with Gasteiger partial charge < -0.3 is 9.47 Å². The highest BCUT2D eigenvalue weighted by atomic mass is 32.2.